The number of hydrogen-bond donors (Lipinski definition) is 2. The summed E-state index contributed by atoms with van der Waals surface area (Å²) in [6.45, 7) is 3.13. The summed E-state index contributed by atoms with van der Waals surface area (Å²) in [5.41, 5.74) is 0.470. The number of ether oxygens (including phenoxy) is 2. The second-order valence-electron chi connectivity index (χ2n) is 8.31. The van der Waals surface area contributed by atoms with E-state index in [1.165, 1.54) is 24.3 Å². The average Bonchev–Trinajstić information content (AvgIpc) is 3.25. The quantitative estimate of drug-likeness (QED) is 0.538. The number of aryl methyl sites for hydroxylation is 2. The first kappa shape index (κ1) is 27.0. The number of nitrogens with one attached hydrogen (secondary N) is 2. The minimum absolute atomic E-state index is 0.0865. The van der Waals surface area contributed by atoms with Crippen LogP contribution in [0.4, 0.5) is 9.59 Å². The molecule has 10 nitrogen and oxygen atoms in total. The van der Waals surface area contributed by atoms with Crippen LogP contribution in [0.1, 0.15) is 36.8 Å². The molecule has 2 N–H and O–H groups in total. The Kier molecular flexibility index (Phi) is 8.27. The van der Waals surface area contributed by atoms with Gasteiger partial charge in [0.25, 0.3) is 20.0 Å². The average molecular weight is 535 g/mol. The fourth-order valence-corrected chi connectivity index (χ4v) is 5.26. The van der Waals surface area contributed by atoms with E-state index in [-0.39, 0.29) is 9.79 Å². The predicted molar refractivity (Wildman–Crippen MR) is 130 cm³/mol. The van der Waals surface area contributed by atoms with Crippen LogP contribution in [-0.2, 0) is 29.5 Å². The summed E-state index contributed by atoms with van der Waals surface area (Å²) in [4.78, 5) is 24.1. The third-order valence-electron chi connectivity index (χ3n) is 5.39. The summed E-state index contributed by atoms with van der Waals surface area (Å²) in [7, 11) is -8.24. The molecule has 192 valence electrons. The molecule has 3 rings (SSSR count). The molecule has 0 heterocycles. The molecule has 2 aromatic rings. The lowest BCUT2D eigenvalue weighted by atomic mass is 10.0. The van der Waals surface area contributed by atoms with Crippen LogP contribution in [0.25, 0.3) is 0 Å². The van der Waals surface area contributed by atoms with E-state index in [0.717, 1.165) is 11.1 Å². The van der Waals surface area contributed by atoms with Crippen molar-refractivity contribution in [1.29, 1.82) is 0 Å². The Labute approximate surface area is 210 Å². The Balaban J connectivity index is 1.58. The Morgan fingerprint density at radius 1 is 0.806 bits per heavy atom. The third kappa shape index (κ3) is 7.22. The molecule has 12 heteroatoms. The largest absolute Gasteiger partial charge is 0.436 e. The molecule has 0 saturated heterocycles. The van der Waals surface area contributed by atoms with Crippen molar-refractivity contribution in [1.82, 2.24) is 9.44 Å². The molecule has 1 aliphatic carbocycles. The normalized spacial score (nSPS) is 14.7. The summed E-state index contributed by atoms with van der Waals surface area (Å²) in [6, 6.07) is 11.8. The molecular weight excluding hydrogens is 508 g/mol. The van der Waals surface area contributed by atoms with Crippen LogP contribution in [0, 0.1) is 25.7 Å². The number of sulfonamides is 2. The van der Waals surface area contributed by atoms with E-state index in [0.29, 0.717) is 25.7 Å². The monoisotopic (exact) mass is 534 g/mol. The lowest BCUT2D eigenvalue weighted by molar-refractivity contribution is 0.0625. The van der Waals surface area contributed by atoms with E-state index < -0.39 is 44.4 Å². The minimum Gasteiger partial charge on any atom is -0.436 e. The zero-order valence-electron chi connectivity index (χ0n) is 19.7. The van der Waals surface area contributed by atoms with Gasteiger partial charge in [-0.05, 0) is 63.8 Å². The number of carbonyl (C=O) groups is 2. The van der Waals surface area contributed by atoms with Gasteiger partial charge in [0, 0.05) is 0 Å². The van der Waals surface area contributed by atoms with Crippen molar-refractivity contribution in [2.75, 3.05) is 6.61 Å². The van der Waals surface area contributed by atoms with Gasteiger partial charge in [-0.25, -0.2) is 35.9 Å². The van der Waals surface area contributed by atoms with E-state index in [4.69, 9.17) is 9.47 Å². The molecule has 36 heavy (non-hydrogen) atoms. The fourth-order valence-electron chi connectivity index (χ4n) is 3.50. The van der Waals surface area contributed by atoms with Gasteiger partial charge in [-0.1, -0.05) is 47.2 Å². The Bertz CT molecular complexity index is 1380. The van der Waals surface area contributed by atoms with Gasteiger partial charge in [-0.2, -0.15) is 0 Å². The van der Waals surface area contributed by atoms with Crippen LogP contribution in [-0.4, -0.2) is 41.2 Å². The maximum absolute atomic E-state index is 12.4. The van der Waals surface area contributed by atoms with E-state index in [2.05, 4.69) is 11.8 Å². The van der Waals surface area contributed by atoms with Crippen LogP contribution in [0.15, 0.2) is 58.3 Å². The summed E-state index contributed by atoms with van der Waals surface area (Å²) in [5.74, 6) is 5.29. The van der Waals surface area contributed by atoms with Crippen LogP contribution in [0.3, 0.4) is 0 Å². The van der Waals surface area contributed by atoms with Crippen molar-refractivity contribution in [2.24, 2.45) is 0 Å². The van der Waals surface area contributed by atoms with Gasteiger partial charge >= 0.3 is 12.2 Å². The highest BCUT2D eigenvalue weighted by molar-refractivity contribution is 7.90. The molecule has 1 aliphatic rings. The molecule has 0 unspecified atom stereocenters. The van der Waals surface area contributed by atoms with E-state index in [9.17, 15) is 26.4 Å². The van der Waals surface area contributed by atoms with E-state index >= 15 is 0 Å². The van der Waals surface area contributed by atoms with Crippen molar-refractivity contribution in [3.8, 4) is 11.8 Å². The number of amides is 2. The fraction of sp³-hybridized carbons (Fsp3) is 0.333. The highest BCUT2D eigenvalue weighted by Gasteiger charge is 2.37. The minimum atomic E-state index is -4.13. The van der Waals surface area contributed by atoms with Crippen molar-refractivity contribution in [3.05, 3.63) is 59.7 Å². The maximum atomic E-state index is 12.4. The van der Waals surface area contributed by atoms with Crippen LogP contribution >= 0.6 is 0 Å². The lowest BCUT2D eigenvalue weighted by Crippen LogP contribution is -2.39. The van der Waals surface area contributed by atoms with Gasteiger partial charge < -0.3 is 9.47 Å². The number of rotatable bonds is 6. The molecule has 0 radical (unpaired) electrons. The number of benzene rings is 2. The molecule has 0 bridgehead atoms. The maximum Gasteiger partial charge on any atom is 0.422 e. The molecule has 0 atom stereocenters. The number of carbonyl (C=O) groups excluding carboxylic acids is 2. The van der Waals surface area contributed by atoms with Crippen molar-refractivity contribution < 1.29 is 35.9 Å². The van der Waals surface area contributed by atoms with Crippen LogP contribution in [0.2, 0.25) is 0 Å². The van der Waals surface area contributed by atoms with Gasteiger partial charge in [0.05, 0.1) is 9.79 Å². The highest BCUT2D eigenvalue weighted by Crippen LogP contribution is 2.33. The Hall–Kier alpha value is -3.56. The zero-order chi connectivity index (χ0) is 26.4. The van der Waals surface area contributed by atoms with Crippen molar-refractivity contribution in [3.63, 3.8) is 0 Å². The van der Waals surface area contributed by atoms with Gasteiger partial charge in [0.2, 0.25) is 0 Å². The zero-order valence-corrected chi connectivity index (χ0v) is 21.4. The van der Waals surface area contributed by atoms with Crippen LogP contribution < -0.4 is 9.44 Å². The Morgan fingerprint density at radius 3 is 1.72 bits per heavy atom. The Morgan fingerprint density at radius 2 is 1.25 bits per heavy atom. The topological polar surface area (TPSA) is 145 Å². The SMILES string of the molecule is Cc1ccc(S(=O)(=O)NC(=O)OCC#CC2(OC(=O)NS(=O)(=O)c3ccc(C)cc3)CCCC2)cc1. The van der Waals surface area contributed by atoms with Gasteiger partial charge in [0.1, 0.15) is 0 Å². The van der Waals surface area contributed by atoms with Gasteiger partial charge in [-0.3, -0.25) is 0 Å². The van der Waals surface area contributed by atoms with Gasteiger partial charge in [0.15, 0.2) is 12.2 Å². The standard InChI is InChI=1S/C24H26N2O8S2/c1-18-6-10-20(11-7-18)35(29,30)25-22(27)33-17-5-16-24(14-3-4-15-24)34-23(28)26-36(31,32)21-12-8-19(2)9-13-21/h6-13H,3-4,14-15,17H2,1-2H3,(H,25,27)(H,26,28). The highest BCUT2D eigenvalue weighted by atomic mass is 32.2. The van der Waals surface area contributed by atoms with Crippen molar-refractivity contribution in [2.45, 2.75) is 54.9 Å². The first-order valence-corrected chi connectivity index (χ1v) is 14.0. The predicted octanol–water partition coefficient (Wildman–Crippen LogP) is 3.15. The molecule has 1 fully saturated rings. The molecule has 2 amide bonds. The van der Waals surface area contributed by atoms with Gasteiger partial charge in [-0.15, -0.1) is 0 Å². The van der Waals surface area contributed by atoms with Crippen molar-refractivity contribution >= 4 is 32.2 Å². The first-order valence-electron chi connectivity index (χ1n) is 11.0. The summed E-state index contributed by atoms with van der Waals surface area (Å²) < 4.78 is 63.2. The molecule has 0 aliphatic heterocycles. The smallest absolute Gasteiger partial charge is 0.422 e. The third-order valence-corrected chi connectivity index (χ3v) is 8.05. The molecule has 0 aromatic heterocycles. The molecule has 1 saturated carbocycles. The molecular formula is C24H26N2O8S2. The first-order chi connectivity index (χ1) is 16.9. The molecule has 2 aromatic carbocycles. The second kappa shape index (κ2) is 11.0. The summed E-state index contributed by atoms with van der Waals surface area (Å²) in [6.07, 6.45) is -0.258. The summed E-state index contributed by atoms with van der Waals surface area (Å²) >= 11 is 0. The molecule has 0 spiro atoms. The lowest BCUT2D eigenvalue weighted by Gasteiger charge is -2.23. The summed E-state index contributed by atoms with van der Waals surface area (Å²) in [5, 5.41) is 0. The van der Waals surface area contributed by atoms with E-state index in [1.807, 2.05) is 4.72 Å². The van der Waals surface area contributed by atoms with E-state index in [1.54, 1.807) is 42.8 Å². The number of hydrogen-bond acceptors (Lipinski definition) is 8. The van der Waals surface area contributed by atoms with Crippen LogP contribution in [0.5, 0.6) is 0 Å². The second-order valence-corrected chi connectivity index (χ2v) is 11.7.